The molecule has 0 heterocycles. The van der Waals surface area contributed by atoms with Crippen LogP contribution in [0.25, 0.3) is 0 Å². The van der Waals surface area contributed by atoms with Crippen LogP contribution in [-0.4, -0.2) is 35.2 Å². The Kier molecular flexibility index (Phi) is 4.74. The van der Waals surface area contributed by atoms with Crippen molar-refractivity contribution in [3.05, 3.63) is 34.9 Å². The van der Waals surface area contributed by atoms with Crippen molar-refractivity contribution in [2.24, 2.45) is 0 Å². The highest BCUT2D eigenvalue weighted by molar-refractivity contribution is 8.00. The topological polar surface area (TPSA) is 49.3 Å². The Morgan fingerprint density at radius 3 is 2.85 bits per heavy atom. The summed E-state index contributed by atoms with van der Waals surface area (Å²) in [7, 11) is 0. The molecule has 0 spiro atoms. The molecular weight excluding hydrogens is 270 g/mol. The van der Waals surface area contributed by atoms with E-state index in [0.29, 0.717) is 17.7 Å². The van der Waals surface area contributed by atoms with Gasteiger partial charge in [-0.3, -0.25) is 4.79 Å². The van der Waals surface area contributed by atoms with Gasteiger partial charge in [-0.1, -0.05) is 17.9 Å². The highest BCUT2D eigenvalue weighted by Crippen LogP contribution is 2.46. The molecule has 1 amide bonds. The molecule has 0 bridgehead atoms. The van der Waals surface area contributed by atoms with E-state index in [0.717, 1.165) is 5.56 Å². The molecule has 1 aromatic rings. The molecule has 2 N–H and O–H groups in total. The average molecular weight is 289 g/mol. The fourth-order valence-electron chi connectivity index (χ4n) is 2.02. The highest BCUT2D eigenvalue weighted by Gasteiger charge is 2.42. The number of benzene rings is 1. The van der Waals surface area contributed by atoms with Crippen LogP contribution in [0.1, 0.15) is 34.3 Å². The van der Waals surface area contributed by atoms with Crippen molar-refractivity contribution in [2.45, 2.75) is 24.5 Å². The van der Waals surface area contributed by atoms with E-state index < -0.39 is 0 Å². The van der Waals surface area contributed by atoms with Crippen molar-refractivity contribution in [1.82, 2.24) is 5.32 Å². The molecule has 1 fully saturated rings. The summed E-state index contributed by atoms with van der Waals surface area (Å²) in [6.07, 6.45) is 4.42. The smallest absolute Gasteiger partial charge is 0.252 e. The molecule has 1 aliphatic rings. The van der Waals surface area contributed by atoms with Crippen molar-refractivity contribution in [3.63, 3.8) is 0 Å². The van der Waals surface area contributed by atoms with Crippen LogP contribution in [0.2, 0.25) is 0 Å². The van der Waals surface area contributed by atoms with Crippen LogP contribution in [0.15, 0.2) is 18.2 Å². The lowest BCUT2D eigenvalue weighted by Gasteiger charge is -2.14. The predicted octanol–water partition coefficient (Wildman–Crippen LogP) is 1.96. The molecule has 0 aromatic heterocycles. The molecule has 1 aromatic carbocycles. The fourth-order valence-corrected chi connectivity index (χ4v) is 2.75. The highest BCUT2D eigenvalue weighted by atomic mass is 32.2. The maximum Gasteiger partial charge on any atom is 0.252 e. The molecule has 3 nitrogen and oxygen atoms in total. The van der Waals surface area contributed by atoms with Gasteiger partial charge in [0.1, 0.15) is 6.61 Å². The maximum absolute atomic E-state index is 12.3. The summed E-state index contributed by atoms with van der Waals surface area (Å²) in [5, 5.41) is 11.8. The number of nitrogens with one attached hydrogen (secondary N) is 1. The summed E-state index contributed by atoms with van der Waals surface area (Å²) in [5.74, 6) is 5.36. The minimum Gasteiger partial charge on any atom is -0.384 e. The largest absolute Gasteiger partial charge is 0.384 e. The van der Waals surface area contributed by atoms with E-state index in [4.69, 9.17) is 5.11 Å². The molecule has 1 saturated carbocycles. The molecule has 4 heteroatoms. The van der Waals surface area contributed by atoms with Crippen molar-refractivity contribution >= 4 is 17.7 Å². The van der Waals surface area contributed by atoms with Crippen LogP contribution in [-0.2, 0) is 0 Å². The summed E-state index contributed by atoms with van der Waals surface area (Å²) in [5.41, 5.74) is 2.30. The monoisotopic (exact) mass is 289 g/mol. The first-order chi connectivity index (χ1) is 9.60. The Bertz CT molecular complexity index is 568. The molecule has 106 valence electrons. The van der Waals surface area contributed by atoms with Gasteiger partial charge < -0.3 is 10.4 Å². The van der Waals surface area contributed by atoms with Crippen LogP contribution in [0.4, 0.5) is 0 Å². The SMILES string of the molecule is CSC1(CNC(=O)c2ccc(C)cc2C#CCO)CC1. The number of rotatable bonds is 4. The fraction of sp³-hybridized carbons (Fsp3) is 0.438. The average Bonchev–Trinajstić information content (AvgIpc) is 3.23. The molecule has 20 heavy (non-hydrogen) atoms. The third-order valence-corrected chi connectivity index (χ3v) is 4.95. The van der Waals surface area contributed by atoms with E-state index in [2.05, 4.69) is 23.4 Å². The Hall–Kier alpha value is -1.44. The van der Waals surface area contributed by atoms with Crippen LogP contribution >= 0.6 is 11.8 Å². The first-order valence-corrected chi connectivity index (χ1v) is 7.86. The Morgan fingerprint density at radius 2 is 2.25 bits per heavy atom. The van der Waals surface area contributed by atoms with E-state index in [9.17, 15) is 4.79 Å². The van der Waals surface area contributed by atoms with E-state index in [1.165, 1.54) is 12.8 Å². The Balaban J connectivity index is 2.12. The minimum absolute atomic E-state index is 0.0902. The van der Waals surface area contributed by atoms with E-state index in [1.807, 2.05) is 30.8 Å². The zero-order valence-corrected chi connectivity index (χ0v) is 12.6. The predicted molar refractivity (Wildman–Crippen MR) is 83.0 cm³/mol. The van der Waals surface area contributed by atoms with Crippen molar-refractivity contribution in [3.8, 4) is 11.8 Å². The summed E-state index contributed by atoms with van der Waals surface area (Å²) in [6.45, 7) is 2.46. The molecule has 1 aliphatic carbocycles. The molecule has 0 unspecified atom stereocenters. The quantitative estimate of drug-likeness (QED) is 0.833. The summed E-state index contributed by atoms with van der Waals surface area (Å²) in [4.78, 5) is 12.3. The number of hydrogen-bond acceptors (Lipinski definition) is 3. The van der Waals surface area contributed by atoms with E-state index >= 15 is 0 Å². The standard InChI is InChI=1S/C16H19NO2S/c1-12-5-6-14(13(10-12)4-3-9-18)15(19)17-11-16(20-2)7-8-16/h5-6,10,18H,7-9,11H2,1-2H3,(H,17,19). The summed E-state index contributed by atoms with van der Waals surface area (Å²) >= 11 is 1.82. The lowest BCUT2D eigenvalue weighted by Crippen LogP contribution is -2.32. The molecule has 0 radical (unpaired) electrons. The number of carbonyl (C=O) groups excluding carboxylic acids is 1. The number of aliphatic hydroxyl groups is 1. The maximum atomic E-state index is 12.3. The lowest BCUT2D eigenvalue weighted by molar-refractivity contribution is 0.0953. The molecule has 0 aliphatic heterocycles. The van der Waals surface area contributed by atoms with E-state index in [1.54, 1.807) is 6.07 Å². The van der Waals surface area contributed by atoms with Gasteiger partial charge in [-0.15, -0.1) is 0 Å². The lowest BCUT2D eigenvalue weighted by atomic mass is 10.0. The van der Waals surface area contributed by atoms with Gasteiger partial charge >= 0.3 is 0 Å². The van der Waals surface area contributed by atoms with Gasteiger partial charge in [0.05, 0.1) is 5.56 Å². The zero-order valence-electron chi connectivity index (χ0n) is 11.8. The second kappa shape index (κ2) is 6.34. The van der Waals surface area contributed by atoms with Gasteiger partial charge in [-0.25, -0.2) is 0 Å². The minimum atomic E-state index is -0.204. The number of thioether (sulfide) groups is 1. The number of amides is 1. The number of carbonyl (C=O) groups is 1. The Labute approximate surface area is 124 Å². The van der Waals surface area contributed by atoms with E-state index in [-0.39, 0.29) is 17.3 Å². The Morgan fingerprint density at radius 1 is 1.50 bits per heavy atom. The third kappa shape index (κ3) is 3.56. The van der Waals surface area contributed by atoms with Crippen LogP contribution < -0.4 is 5.32 Å². The molecule has 0 saturated heterocycles. The zero-order chi connectivity index (χ0) is 14.6. The van der Waals surface area contributed by atoms with Crippen LogP contribution in [0.5, 0.6) is 0 Å². The van der Waals surface area contributed by atoms with Gasteiger partial charge in [0, 0.05) is 16.9 Å². The molecule has 0 atom stereocenters. The van der Waals surface area contributed by atoms with Gasteiger partial charge in [0.15, 0.2) is 0 Å². The summed E-state index contributed by atoms with van der Waals surface area (Å²) in [6, 6.07) is 5.57. The summed E-state index contributed by atoms with van der Waals surface area (Å²) < 4.78 is 0.247. The first-order valence-electron chi connectivity index (χ1n) is 6.64. The number of aliphatic hydroxyl groups excluding tert-OH is 1. The second-order valence-electron chi connectivity index (χ2n) is 5.08. The van der Waals surface area contributed by atoms with Gasteiger partial charge in [-0.05, 0) is 43.7 Å². The molecule has 2 rings (SSSR count). The van der Waals surface area contributed by atoms with Gasteiger partial charge in [0.25, 0.3) is 5.91 Å². The van der Waals surface area contributed by atoms with Gasteiger partial charge in [0.2, 0.25) is 0 Å². The van der Waals surface area contributed by atoms with Crippen molar-refractivity contribution in [1.29, 1.82) is 0 Å². The van der Waals surface area contributed by atoms with Crippen molar-refractivity contribution in [2.75, 3.05) is 19.4 Å². The first kappa shape index (κ1) is 15.0. The van der Waals surface area contributed by atoms with Crippen LogP contribution in [0, 0.1) is 18.8 Å². The third-order valence-electron chi connectivity index (χ3n) is 3.53. The normalized spacial score (nSPS) is 15.2. The number of aryl methyl sites for hydroxylation is 1. The number of hydrogen-bond donors (Lipinski definition) is 2. The van der Waals surface area contributed by atoms with Crippen molar-refractivity contribution < 1.29 is 9.90 Å². The van der Waals surface area contributed by atoms with Crippen LogP contribution in [0.3, 0.4) is 0 Å². The molecular formula is C16H19NO2S. The van der Waals surface area contributed by atoms with Gasteiger partial charge in [-0.2, -0.15) is 11.8 Å². The second-order valence-corrected chi connectivity index (χ2v) is 6.35.